The average molecular weight is 363 g/mol. The van der Waals surface area contributed by atoms with Gasteiger partial charge in [-0.1, -0.05) is 12.1 Å². The van der Waals surface area contributed by atoms with Crippen LogP contribution in [-0.2, 0) is 0 Å². The number of amides is 1. The Bertz CT molecular complexity index is 1130. The van der Waals surface area contributed by atoms with Crippen LogP contribution in [0, 0.1) is 20.8 Å². The van der Waals surface area contributed by atoms with E-state index in [0.717, 1.165) is 33.3 Å². The third-order valence-corrected chi connectivity index (χ3v) is 4.98. The smallest absolute Gasteiger partial charge is 0.276 e. The maximum absolute atomic E-state index is 12.6. The minimum Gasteiger partial charge on any atom is -0.321 e. The number of fused-ring (bicyclic) bond motifs is 1. The summed E-state index contributed by atoms with van der Waals surface area (Å²) >= 11 is 1.60. The molecule has 0 aliphatic rings. The van der Waals surface area contributed by atoms with E-state index >= 15 is 0 Å². The molecule has 0 bridgehead atoms. The van der Waals surface area contributed by atoms with E-state index in [2.05, 4.69) is 20.4 Å². The van der Waals surface area contributed by atoms with Gasteiger partial charge in [-0.15, -0.1) is 11.3 Å². The van der Waals surface area contributed by atoms with Crippen LogP contribution in [0.25, 0.3) is 16.9 Å². The van der Waals surface area contributed by atoms with Crippen LogP contribution in [0.4, 0.5) is 5.69 Å². The topological polar surface area (TPSA) is 72.2 Å². The quantitative estimate of drug-likeness (QED) is 0.596. The van der Waals surface area contributed by atoms with Gasteiger partial charge < -0.3 is 5.32 Å². The highest BCUT2D eigenvalue weighted by Crippen LogP contribution is 2.24. The monoisotopic (exact) mass is 363 g/mol. The fourth-order valence-corrected chi connectivity index (χ4v) is 3.34. The number of anilines is 1. The van der Waals surface area contributed by atoms with Crippen LogP contribution < -0.4 is 5.32 Å². The molecular formula is C19H17N5OS. The molecule has 0 saturated carbocycles. The molecule has 1 aromatic carbocycles. The Morgan fingerprint density at radius 3 is 2.73 bits per heavy atom. The first kappa shape index (κ1) is 16.4. The van der Waals surface area contributed by atoms with Crippen LogP contribution in [0.2, 0.25) is 0 Å². The van der Waals surface area contributed by atoms with E-state index in [0.29, 0.717) is 11.4 Å². The molecule has 0 aliphatic carbocycles. The third-order valence-electron chi connectivity index (χ3n) is 4.21. The van der Waals surface area contributed by atoms with Crippen molar-refractivity contribution in [1.29, 1.82) is 0 Å². The molecule has 0 spiro atoms. The van der Waals surface area contributed by atoms with Crippen molar-refractivity contribution in [1.82, 2.24) is 19.6 Å². The van der Waals surface area contributed by atoms with Gasteiger partial charge in [0, 0.05) is 16.6 Å². The highest BCUT2D eigenvalue weighted by molar-refractivity contribution is 7.09. The zero-order valence-electron chi connectivity index (χ0n) is 14.6. The van der Waals surface area contributed by atoms with Gasteiger partial charge in [0.05, 0.1) is 22.1 Å². The second-order valence-electron chi connectivity index (χ2n) is 6.06. The van der Waals surface area contributed by atoms with Gasteiger partial charge in [0.1, 0.15) is 5.69 Å². The van der Waals surface area contributed by atoms with Crippen molar-refractivity contribution >= 4 is 28.6 Å². The molecule has 6 nitrogen and oxygen atoms in total. The zero-order chi connectivity index (χ0) is 18.3. The number of imidazole rings is 1. The van der Waals surface area contributed by atoms with Crippen molar-refractivity contribution in [2.24, 2.45) is 0 Å². The summed E-state index contributed by atoms with van der Waals surface area (Å²) < 4.78 is 1.69. The van der Waals surface area contributed by atoms with Gasteiger partial charge in [-0.3, -0.25) is 4.79 Å². The first-order valence-corrected chi connectivity index (χ1v) is 9.06. The number of carbonyl (C=O) groups excluding carboxylic acids is 1. The molecule has 0 saturated heterocycles. The van der Waals surface area contributed by atoms with Gasteiger partial charge in [-0.05, 0) is 45.0 Å². The standard InChI is InChI=1S/C19H17N5OS/c1-11-12(2)24-18(20-11)8-7-16(23-24)19(25)22-15-6-4-5-14(9-15)17-10-26-13(3)21-17/h4-10H,1-3H3,(H,22,25). The zero-order valence-corrected chi connectivity index (χ0v) is 15.5. The number of thiazole rings is 1. The molecule has 0 unspecified atom stereocenters. The minimum absolute atomic E-state index is 0.260. The lowest BCUT2D eigenvalue weighted by molar-refractivity contribution is 0.102. The molecule has 130 valence electrons. The summed E-state index contributed by atoms with van der Waals surface area (Å²) in [6.45, 7) is 5.83. The van der Waals surface area contributed by atoms with Gasteiger partial charge in [0.25, 0.3) is 5.91 Å². The second kappa shape index (κ2) is 6.34. The number of rotatable bonds is 3. The van der Waals surface area contributed by atoms with Gasteiger partial charge in [0.2, 0.25) is 0 Å². The van der Waals surface area contributed by atoms with Crippen molar-refractivity contribution in [2.45, 2.75) is 20.8 Å². The van der Waals surface area contributed by atoms with Crippen molar-refractivity contribution in [3.63, 3.8) is 0 Å². The summed E-state index contributed by atoms with van der Waals surface area (Å²) in [5, 5.41) is 10.3. The number of aromatic nitrogens is 4. The SMILES string of the molecule is Cc1nc(-c2cccc(NC(=O)c3ccc4nc(C)c(C)n4n3)c2)cs1. The van der Waals surface area contributed by atoms with Crippen LogP contribution in [0.5, 0.6) is 0 Å². The van der Waals surface area contributed by atoms with Gasteiger partial charge >= 0.3 is 0 Å². The molecular weight excluding hydrogens is 346 g/mol. The summed E-state index contributed by atoms with van der Waals surface area (Å²) in [7, 11) is 0. The highest BCUT2D eigenvalue weighted by atomic mass is 32.1. The van der Waals surface area contributed by atoms with E-state index in [1.165, 1.54) is 0 Å². The van der Waals surface area contributed by atoms with Crippen LogP contribution >= 0.6 is 11.3 Å². The van der Waals surface area contributed by atoms with Crippen molar-refractivity contribution < 1.29 is 4.79 Å². The van der Waals surface area contributed by atoms with Crippen LogP contribution in [-0.4, -0.2) is 25.5 Å². The summed E-state index contributed by atoms with van der Waals surface area (Å²) in [6, 6.07) is 11.1. The summed E-state index contributed by atoms with van der Waals surface area (Å²) in [4.78, 5) is 21.5. The molecule has 0 aliphatic heterocycles. The molecule has 1 amide bonds. The van der Waals surface area contributed by atoms with Crippen LogP contribution in [0.1, 0.15) is 26.9 Å². The van der Waals surface area contributed by atoms with E-state index in [1.54, 1.807) is 28.0 Å². The lowest BCUT2D eigenvalue weighted by Crippen LogP contribution is -2.15. The normalized spacial score (nSPS) is 11.0. The molecule has 0 radical (unpaired) electrons. The maximum Gasteiger partial charge on any atom is 0.276 e. The number of benzene rings is 1. The number of hydrogen-bond donors (Lipinski definition) is 1. The summed E-state index contributed by atoms with van der Waals surface area (Å²) in [5.74, 6) is -0.260. The number of carbonyl (C=O) groups is 1. The molecule has 4 aromatic rings. The highest BCUT2D eigenvalue weighted by Gasteiger charge is 2.12. The fraction of sp³-hybridized carbons (Fsp3) is 0.158. The number of nitrogens with zero attached hydrogens (tertiary/aromatic N) is 4. The Kier molecular flexibility index (Phi) is 4.00. The molecule has 1 N–H and O–H groups in total. The molecule has 3 heterocycles. The van der Waals surface area contributed by atoms with E-state index < -0.39 is 0 Å². The second-order valence-corrected chi connectivity index (χ2v) is 7.12. The first-order chi connectivity index (χ1) is 12.5. The van der Waals surface area contributed by atoms with Crippen molar-refractivity contribution in [2.75, 3.05) is 5.32 Å². The van der Waals surface area contributed by atoms with Crippen molar-refractivity contribution in [3.8, 4) is 11.3 Å². The van der Waals surface area contributed by atoms with Crippen LogP contribution in [0.3, 0.4) is 0 Å². The summed E-state index contributed by atoms with van der Waals surface area (Å²) in [6.07, 6.45) is 0. The fourth-order valence-electron chi connectivity index (χ4n) is 2.72. The molecule has 0 fully saturated rings. The average Bonchev–Trinajstić information content (AvgIpc) is 3.19. The van der Waals surface area contributed by atoms with E-state index in [-0.39, 0.29) is 5.91 Å². The van der Waals surface area contributed by atoms with Crippen molar-refractivity contribution in [3.05, 3.63) is 63.9 Å². The Morgan fingerprint density at radius 1 is 1.12 bits per heavy atom. The minimum atomic E-state index is -0.260. The molecule has 4 rings (SSSR count). The Hall–Kier alpha value is -3.06. The Labute approximate surface area is 154 Å². The van der Waals surface area contributed by atoms with E-state index in [1.807, 2.05) is 50.4 Å². The Morgan fingerprint density at radius 2 is 1.96 bits per heavy atom. The van der Waals surface area contributed by atoms with E-state index in [4.69, 9.17) is 0 Å². The van der Waals surface area contributed by atoms with E-state index in [9.17, 15) is 4.79 Å². The number of aryl methyl sites for hydroxylation is 3. The first-order valence-electron chi connectivity index (χ1n) is 8.18. The van der Waals surface area contributed by atoms with Gasteiger partial charge in [-0.25, -0.2) is 14.5 Å². The molecule has 3 aromatic heterocycles. The number of nitrogens with one attached hydrogen (secondary N) is 1. The predicted molar refractivity (Wildman–Crippen MR) is 103 cm³/mol. The Balaban J connectivity index is 1.61. The van der Waals surface area contributed by atoms with Gasteiger partial charge in [-0.2, -0.15) is 5.10 Å². The lowest BCUT2D eigenvalue weighted by atomic mass is 10.1. The maximum atomic E-state index is 12.6. The molecule has 7 heteroatoms. The van der Waals surface area contributed by atoms with Gasteiger partial charge in [0.15, 0.2) is 5.65 Å². The number of hydrogen-bond acceptors (Lipinski definition) is 5. The largest absolute Gasteiger partial charge is 0.321 e. The van der Waals surface area contributed by atoms with Crippen LogP contribution in [0.15, 0.2) is 41.8 Å². The molecule has 0 atom stereocenters. The third kappa shape index (κ3) is 2.97. The summed E-state index contributed by atoms with van der Waals surface area (Å²) in [5.41, 5.74) is 5.49. The lowest BCUT2D eigenvalue weighted by Gasteiger charge is -2.07. The predicted octanol–water partition coefficient (Wildman–Crippen LogP) is 4.03. The molecule has 26 heavy (non-hydrogen) atoms.